The largest absolute Gasteiger partial charge is 0.462 e. The first-order chi connectivity index (χ1) is 32.5. The van der Waals surface area contributed by atoms with Crippen LogP contribution in [0, 0.1) is 0 Å². The van der Waals surface area contributed by atoms with Crippen LogP contribution in [-0.2, 0) is 28.6 Å². The van der Waals surface area contributed by atoms with Gasteiger partial charge in [0.1, 0.15) is 13.2 Å². The standard InChI is InChI=1S/C60H106O6/c1-4-7-10-13-16-19-22-24-26-28-30-32-34-36-38-41-44-47-50-53-59(62)65-56-57(55-64-58(61)52-49-46-43-40-21-18-15-12-9-6-3)66-60(63)54-51-48-45-42-39-37-35-33-31-29-27-25-23-20-17-14-11-8-5-2/h12,15-16,19,24-27,30,32,57H,4-11,13-14,17-18,20-23,28-29,31,33-56H2,1-3H3/b15-12-,19-16-,26-24-,27-25-,32-30-. The molecular weight excluding hydrogens is 817 g/mol. The smallest absolute Gasteiger partial charge is 0.306 e. The molecular formula is C60H106O6. The second-order valence-electron chi connectivity index (χ2n) is 18.8. The number of carbonyl (C=O) groups is 3. The number of ether oxygens (including phenoxy) is 3. The first kappa shape index (κ1) is 63.1. The summed E-state index contributed by atoms with van der Waals surface area (Å²) in [5.74, 6) is -0.900. The quantitative estimate of drug-likeness (QED) is 0.0262. The Labute approximate surface area is 409 Å². The molecule has 1 unspecified atom stereocenters. The minimum absolute atomic E-state index is 0.0832. The van der Waals surface area contributed by atoms with Crippen molar-refractivity contribution >= 4 is 17.9 Å². The van der Waals surface area contributed by atoms with Gasteiger partial charge in [-0.2, -0.15) is 0 Å². The highest BCUT2D eigenvalue weighted by Crippen LogP contribution is 2.15. The van der Waals surface area contributed by atoms with E-state index in [-0.39, 0.29) is 31.1 Å². The zero-order valence-electron chi connectivity index (χ0n) is 43.7. The van der Waals surface area contributed by atoms with Gasteiger partial charge in [-0.05, 0) is 103 Å². The summed E-state index contributed by atoms with van der Waals surface area (Å²) in [6.07, 6.45) is 67.8. The van der Waals surface area contributed by atoms with Crippen LogP contribution >= 0.6 is 0 Å². The van der Waals surface area contributed by atoms with Gasteiger partial charge in [-0.25, -0.2) is 0 Å². The minimum atomic E-state index is -0.783. The average molecular weight is 924 g/mol. The molecule has 0 saturated heterocycles. The molecule has 0 spiro atoms. The Balaban J connectivity index is 4.33. The number of allylic oxidation sites excluding steroid dienone is 10. The van der Waals surface area contributed by atoms with Crippen molar-refractivity contribution in [2.45, 2.75) is 290 Å². The van der Waals surface area contributed by atoms with Gasteiger partial charge in [0.15, 0.2) is 6.10 Å². The maximum atomic E-state index is 12.8. The molecule has 0 N–H and O–H groups in total. The number of esters is 3. The molecule has 66 heavy (non-hydrogen) atoms. The SMILES string of the molecule is CCC/C=C\CCCCCCCC(=O)OCC(COC(=O)CCCCCCCC/C=C\C/C=C\C/C=C\CCCCC)OC(=O)CCCCCCCCCCC/C=C\CCCCCCCC. The third-order valence-electron chi connectivity index (χ3n) is 12.2. The molecule has 0 aromatic carbocycles. The first-order valence-corrected chi connectivity index (χ1v) is 28.3. The molecule has 0 radical (unpaired) electrons. The van der Waals surface area contributed by atoms with Crippen molar-refractivity contribution < 1.29 is 28.6 Å². The lowest BCUT2D eigenvalue weighted by Gasteiger charge is -2.18. The van der Waals surface area contributed by atoms with E-state index in [4.69, 9.17) is 14.2 Å². The normalized spacial score (nSPS) is 12.5. The topological polar surface area (TPSA) is 78.9 Å². The van der Waals surface area contributed by atoms with Crippen LogP contribution in [0.3, 0.4) is 0 Å². The van der Waals surface area contributed by atoms with Crippen LogP contribution in [0.15, 0.2) is 60.8 Å². The number of hydrogen-bond donors (Lipinski definition) is 0. The Hall–Kier alpha value is -2.89. The van der Waals surface area contributed by atoms with Gasteiger partial charge in [0.05, 0.1) is 0 Å². The number of rotatable bonds is 51. The van der Waals surface area contributed by atoms with Gasteiger partial charge in [-0.3, -0.25) is 14.4 Å². The maximum absolute atomic E-state index is 12.8. The van der Waals surface area contributed by atoms with E-state index >= 15 is 0 Å². The molecule has 1 atom stereocenters. The molecule has 0 heterocycles. The molecule has 0 saturated carbocycles. The number of carbonyl (C=O) groups excluding carboxylic acids is 3. The maximum Gasteiger partial charge on any atom is 0.306 e. The predicted octanol–water partition coefficient (Wildman–Crippen LogP) is 18.8. The minimum Gasteiger partial charge on any atom is -0.462 e. The Morgan fingerprint density at radius 1 is 0.303 bits per heavy atom. The van der Waals surface area contributed by atoms with Crippen LogP contribution in [0.5, 0.6) is 0 Å². The van der Waals surface area contributed by atoms with Crippen LogP contribution < -0.4 is 0 Å². The summed E-state index contributed by atoms with van der Waals surface area (Å²) in [5.41, 5.74) is 0. The Morgan fingerprint density at radius 2 is 0.576 bits per heavy atom. The lowest BCUT2D eigenvalue weighted by Crippen LogP contribution is -2.30. The Morgan fingerprint density at radius 3 is 0.955 bits per heavy atom. The number of unbranched alkanes of at least 4 members (excludes halogenated alkanes) is 30. The van der Waals surface area contributed by atoms with Crippen LogP contribution in [-0.4, -0.2) is 37.2 Å². The van der Waals surface area contributed by atoms with Gasteiger partial charge in [0, 0.05) is 19.3 Å². The zero-order chi connectivity index (χ0) is 47.9. The monoisotopic (exact) mass is 923 g/mol. The molecule has 0 aromatic heterocycles. The van der Waals surface area contributed by atoms with Gasteiger partial charge < -0.3 is 14.2 Å². The molecule has 0 amide bonds. The Kier molecular flexibility index (Phi) is 52.3. The summed E-state index contributed by atoms with van der Waals surface area (Å²) < 4.78 is 16.8. The fourth-order valence-corrected chi connectivity index (χ4v) is 7.92. The molecule has 0 aliphatic carbocycles. The summed E-state index contributed by atoms with van der Waals surface area (Å²) in [5, 5.41) is 0. The van der Waals surface area contributed by atoms with Crippen molar-refractivity contribution in [2.24, 2.45) is 0 Å². The third-order valence-corrected chi connectivity index (χ3v) is 12.2. The molecule has 0 bridgehead atoms. The summed E-state index contributed by atoms with van der Waals surface area (Å²) in [6.45, 7) is 6.55. The molecule has 6 nitrogen and oxygen atoms in total. The highest BCUT2D eigenvalue weighted by atomic mass is 16.6. The molecule has 382 valence electrons. The van der Waals surface area contributed by atoms with E-state index in [1.54, 1.807) is 0 Å². The molecule has 0 fully saturated rings. The fourth-order valence-electron chi connectivity index (χ4n) is 7.92. The van der Waals surface area contributed by atoms with E-state index in [1.165, 1.54) is 154 Å². The van der Waals surface area contributed by atoms with Crippen molar-refractivity contribution in [3.05, 3.63) is 60.8 Å². The Bertz CT molecular complexity index is 1200. The van der Waals surface area contributed by atoms with Gasteiger partial charge in [-0.15, -0.1) is 0 Å². The van der Waals surface area contributed by atoms with E-state index in [0.29, 0.717) is 19.3 Å². The molecule has 0 aromatic rings. The van der Waals surface area contributed by atoms with Crippen molar-refractivity contribution in [2.75, 3.05) is 13.2 Å². The zero-order valence-corrected chi connectivity index (χ0v) is 43.7. The second-order valence-corrected chi connectivity index (χ2v) is 18.8. The van der Waals surface area contributed by atoms with E-state index in [0.717, 1.165) is 89.9 Å². The molecule has 0 aliphatic heterocycles. The summed E-state index contributed by atoms with van der Waals surface area (Å²) >= 11 is 0. The highest BCUT2D eigenvalue weighted by Gasteiger charge is 2.19. The second kappa shape index (κ2) is 54.7. The van der Waals surface area contributed by atoms with Crippen LogP contribution in [0.1, 0.15) is 284 Å². The van der Waals surface area contributed by atoms with E-state index in [1.807, 2.05) is 0 Å². The van der Waals surface area contributed by atoms with E-state index in [9.17, 15) is 14.4 Å². The summed E-state index contributed by atoms with van der Waals surface area (Å²) in [7, 11) is 0. The van der Waals surface area contributed by atoms with Gasteiger partial charge >= 0.3 is 17.9 Å². The predicted molar refractivity (Wildman–Crippen MR) is 284 cm³/mol. The van der Waals surface area contributed by atoms with E-state index < -0.39 is 6.10 Å². The van der Waals surface area contributed by atoms with Crippen LogP contribution in [0.25, 0.3) is 0 Å². The summed E-state index contributed by atoms with van der Waals surface area (Å²) in [4.78, 5) is 38.0. The van der Waals surface area contributed by atoms with Gasteiger partial charge in [-0.1, -0.05) is 223 Å². The molecule has 6 heteroatoms. The lowest BCUT2D eigenvalue weighted by molar-refractivity contribution is -0.167. The molecule has 0 aliphatic rings. The third kappa shape index (κ3) is 52.1. The van der Waals surface area contributed by atoms with Crippen molar-refractivity contribution in [3.8, 4) is 0 Å². The summed E-state index contributed by atoms with van der Waals surface area (Å²) in [6, 6.07) is 0. The lowest BCUT2D eigenvalue weighted by atomic mass is 10.1. The van der Waals surface area contributed by atoms with Crippen LogP contribution in [0.4, 0.5) is 0 Å². The number of hydrogen-bond acceptors (Lipinski definition) is 6. The van der Waals surface area contributed by atoms with Crippen molar-refractivity contribution in [1.29, 1.82) is 0 Å². The molecule has 0 rings (SSSR count). The first-order valence-electron chi connectivity index (χ1n) is 28.3. The van der Waals surface area contributed by atoms with Crippen LogP contribution in [0.2, 0.25) is 0 Å². The van der Waals surface area contributed by atoms with E-state index in [2.05, 4.69) is 81.5 Å². The highest BCUT2D eigenvalue weighted by molar-refractivity contribution is 5.71. The van der Waals surface area contributed by atoms with Gasteiger partial charge in [0.25, 0.3) is 0 Å². The van der Waals surface area contributed by atoms with Gasteiger partial charge in [0.2, 0.25) is 0 Å². The fraction of sp³-hybridized carbons (Fsp3) is 0.783. The van der Waals surface area contributed by atoms with Crippen molar-refractivity contribution in [1.82, 2.24) is 0 Å². The van der Waals surface area contributed by atoms with Crippen molar-refractivity contribution in [3.63, 3.8) is 0 Å². The average Bonchev–Trinajstić information content (AvgIpc) is 3.31.